The lowest BCUT2D eigenvalue weighted by molar-refractivity contribution is 0.0947. The van der Waals surface area contributed by atoms with Crippen LogP contribution in [0.2, 0.25) is 0 Å². The van der Waals surface area contributed by atoms with Gasteiger partial charge in [-0.15, -0.1) is 0 Å². The molecule has 0 aromatic carbocycles. The fraction of sp³-hybridized carbons (Fsp3) is 0.235. The molecule has 25 heavy (non-hydrogen) atoms. The first-order valence-corrected chi connectivity index (χ1v) is 9.72. The van der Waals surface area contributed by atoms with Crippen LogP contribution in [0.15, 0.2) is 54.1 Å². The average Bonchev–Trinajstić information content (AvgIpc) is 3.23. The lowest BCUT2D eigenvalue weighted by atomic mass is 10.2. The first-order chi connectivity index (χ1) is 11.9. The molecule has 1 aliphatic rings. The van der Waals surface area contributed by atoms with Gasteiger partial charge in [-0.25, -0.2) is 13.4 Å². The van der Waals surface area contributed by atoms with Gasteiger partial charge >= 0.3 is 0 Å². The van der Waals surface area contributed by atoms with Crippen molar-refractivity contribution in [2.45, 2.75) is 23.5 Å². The zero-order valence-corrected chi connectivity index (χ0v) is 14.3. The van der Waals surface area contributed by atoms with Crippen LogP contribution in [0, 0.1) is 0 Å². The molecule has 0 bridgehead atoms. The normalized spacial score (nSPS) is 19.7. The van der Waals surface area contributed by atoms with E-state index in [9.17, 15) is 13.2 Å². The van der Waals surface area contributed by atoms with Crippen molar-refractivity contribution in [1.29, 1.82) is 0 Å². The molecule has 3 aromatic rings. The molecule has 2 atom stereocenters. The summed E-state index contributed by atoms with van der Waals surface area (Å²) in [6, 6.07) is 8.99. The highest BCUT2D eigenvalue weighted by molar-refractivity contribution is 7.90. The largest absolute Gasteiger partial charge is 0.347 e. The second kappa shape index (κ2) is 5.66. The molecule has 0 saturated heterocycles. The van der Waals surface area contributed by atoms with E-state index in [1.54, 1.807) is 36.8 Å². The molecule has 1 saturated carbocycles. The maximum atomic E-state index is 12.6. The Bertz CT molecular complexity index is 1060. The summed E-state index contributed by atoms with van der Waals surface area (Å²) in [5.74, 6) is -0.129. The number of aromatic nitrogens is 3. The highest BCUT2D eigenvalue weighted by atomic mass is 32.2. The molecule has 1 aliphatic carbocycles. The molecule has 1 N–H and O–H groups in total. The summed E-state index contributed by atoms with van der Waals surface area (Å²) in [5.41, 5.74) is 1.68. The van der Waals surface area contributed by atoms with Crippen molar-refractivity contribution < 1.29 is 13.2 Å². The second-order valence-corrected chi connectivity index (χ2v) is 8.09. The van der Waals surface area contributed by atoms with E-state index >= 15 is 0 Å². The van der Waals surface area contributed by atoms with Gasteiger partial charge in [-0.2, -0.15) is 0 Å². The first-order valence-electron chi connectivity index (χ1n) is 7.83. The number of nitrogens with zero attached hydrogens (tertiary/aromatic N) is 3. The van der Waals surface area contributed by atoms with Gasteiger partial charge in [-0.05, 0) is 30.2 Å². The third kappa shape index (κ3) is 2.89. The Morgan fingerprint density at radius 1 is 1.28 bits per heavy atom. The van der Waals surface area contributed by atoms with E-state index in [0.717, 1.165) is 18.2 Å². The predicted molar refractivity (Wildman–Crippen MR) is 91.2 cm³/mol. The number of hydrogen-bond donors (Lipinski definition) is 1. The Morgan fingerprint density at radius 3 is 2.84 bits per heavy atom. The number of carbonyl (C=O) groups excluding carboxylic acids is 1. The molecule has 0 spiro atoms. The van der Waals surface area contributed by atoms with Gasteiger partial charge < -0.3 is 5.32 Å². The maximum absolute atomic E-state index is 12.6. The van der Waals surface area contributed by atoms with Gasteiger partial charge in [-0.1, -0.05) is 12.1 Å². The number of sulfone groups is 1. The van der Waals surface area contributed by atoms with Crippen molar-refractivity contribution in [3.63, 3.8) is 0 Å². The van der Waals surface area contributed by atoms with Crippen molar-refractivity contribution in [3.8, 4) is 0 Å². The van der Waals surface area contributed by atoms with Crippen molar-refractivity contribution in [1.82, 2.24) is 19.7 Å². The van der Waals surface area contributed by atoms with Gasteiger partial charge in [0.25, 0.3) is 5.91 Å². The quantitative estimate of drug-likeness (QED) is 0.763. The number of hydrogen-bond acceptors (Lipinski definition) is 5. The summed E-state index contributed by atoms with van der Waals surface area (Å²) < 4.78 is 25.3. The fourth-order valence-corrected chi connectivity index (χ4v) is 3.77. The molecular formula is C17H16N4O3S. The molecule has 8 heteroatoms. The maximum Gasteiger partial charge on any atom is 0.272 e. The molecule has 3 aromatic heterocycles. The van der Waals surface area contributed by atoms with E-state index in [0.29, 0.717) is 5.52 Å². The number of pyridine rings is 2. The lowest BCUT2D eigenvalue weighted by Gasteiger charge is -2.03. The lowest BCUT2D eigenvalue weighted by Crippen LogP contribution is -2.27. The molecule has 3 heterocycles. The van der Waals surface area contributed by atoms with Crippen molar-refractivity contribution in [3.05, 3.63) is 60.2 Å². The summed E-state index contributed by atoms with van der Waals surface area (Å²) in [7, 11) is -3.55. The molecule has 1 amide bonds. The highest BCUT2D eigenvalue weighted by Gasteiger charge is 2.40. The van der Waals surface area contributed by atoms with Crippen LogP contribution in [0.4, 0.5) is 0 Å². The zero-order chi connectivity index (χ0) is 17.6. The standard InChI is InChI=1S/C17H16N4O3S/c1-25(23,24)17-20-15(14-6-2-3-8-21(14)17)16(22)19-13-9-12(13)11-5-4-7-18-10-11/h2-8,10,12-13H,9H2,1H3,(H,19,22)/t12-,13+/m1/s1. The third-order valence-electron chi connectivity index (χ3n) is 4.28. The Balaban J connectivity index is 1.62. The summed E-state index contributed by atoms with van der Waals surface area (Å²) in [4.78, 5) is 20.8. The molecular weight excluding hydrogens is 340 g/mol. The van der Waals surface area contributed by atoms with Crippen LogP contribution >= 0.6 is 0 Å². The average molecular weight is 356 g/mol. The monoisotopic (exact) mass is 356 g/mol. The van der Waals surface area contributed by atoms with Crippen LogP contribution in [-0.4, -0.2) is 41.0 Å². The van der Waals surface area contributed by atoms with E-state index in [2.05, 4.69) is 15.3 Å². The Kier molecular flexibility index (Phi) is 3.57. The molecule has 0 aliphatic heterocycles. The summed E-state index contributed by atoms with van der Waals surface area (Å²) in [6.07, 6.45) is 7.01. The number of carbonyl (C=O) groups is 1. The number of nitrogens with one attached hydrogen (secondary N) is 1. The Hall–Kier alpha value is -2.74. The van der Waals surface area contributed by atoms with Crippen LogP contribution in [-0.2, 0) is 9.84 Å². The minimum absolute atomic E-state index is 0.0128. The van der Waals surface area contributed by atoms with Crippen LogP contribution < -0.4 is 5.32 Å². The molecule has 1 fully saturated rings. The van der Waals surface area contributed by atoms with Crippen molar-refractivity contribution in [2.75, 3.05) is 6.26 Å². The summed E-state index contributed by atoms with van der Waals surface area (Å²) in [5, 5.41) is 2.81. The van der Waals surface area contributed by atoms with E-state index in [1.165, 1.54) is 4.40 Å². The van der Waals surface area contributed by atoms with Crippen molar-refractivity contribution >= 4 is 21.3 Å². The number of rotatable bonds is 4. The van der Waals surface area contributed by atoms with E-state index < -0.39 is 9.84 Å². The predicted octanol–water partition coefficient (Wildman–Crippen LogP) is 1.42. The van der Waals surface area contributed by atoms with Crippen LogP contribution in [0.3, 0.4) is 0 Å². The van der Waals surface area contributed by atoms with Gasteiger partial charge in [0.05, 0.1) is 5.52 Å². The SMILES string of the molecule is CS(=O)(=O)c1nc(C(=O)N[C@H]2C[C@@H]2c2cccnc2)c2ccccn12. The van der Waals surface area contributed by atoms with E-state index in [1.807, 2.05) is 12.1 Å². The number of amides is 1. The van der Waals surface area contributed by atoms with Gasteiger partial charge in [0, 0.05) is 36.8 Å². The second-order valence-electron chi connectivity index (χ2n) is 6.18. The molecule has 7 nitrogen and oxygen atoms in total. The van der Waals surface area contributed by atoms with E-state index in [-0.39, 0.29) is 28.7 Å². The molecule has 128 valence electrons. The van der Waals surface area contributed by atoms with Crippen molar-refractivity contribution in [2.24, 2.45) is 0 Å². The molecule has 0 unspecified atom stereocenters. The van der Waals surface area contributed by atoms with Crippen LogP contribution in [0.25, 0.3) is 5.52 Å². The van der Waals surface area contributed by atoms with Gasteiger partial charge in [0.2, 0.25) is 15.0 Å². The Morgan fingerprint density at radius 2 is 2.12 bits per heavy atom. The fourth-order valence-electron chi connectivity index (χ4n) is 2.99. The zero-order valence-electron chi connectivity index (χ0n) is 13.5. The minimum Gasteiger partial charge on any atom is -0.347 e. The van der Waals surface area contributed by atoms with Gasteiger partial charge in [-0.3, -0.25) is 14.2 Å². The third-order valence-corrected chi connectivity index (χ3v) is 5.23. The Labute approximate surface area is 144 Å². The van der Waals surface area contributed by atoms with Crippen LogP contribution in [0.1, 0.15) is 28.4 Å². The number of imidazole rings is 1. The molecule has 4 rings (SSSR count). The topological polar surface area (TPSA) is 93.4 Å². The van der Waals surface area contributed by atoms with E-state index in [4.69, 9.17) is 0 Å². The number of fused-ring (bicyclic) bond motifs is 1. The summed E-state index contributed by atoms with van der Waals surface area (Å²) >= 11 is 0. The minimum atomic E-state index is -3.55. The summed E-state index contributed by atoms with van der Waals surface area (Å²) in [6.45, 7) is 0. The van der Waals surface area contributed by atoms with Gasteiger partial charge in [0.1, 0.15) is 0 Å². The first kappa shape index (κ1) is 15.8. The van der Waals surface area contributed by atoms with Gasteiger partial charge in [0.15, 0.2) is 5.69 Å². The van der Waals surface area contributed by atoms with Crippen LogP contribution in [0.5, 0.6) is 0 Å². The highest BCUT2D eigenvalue weighted by Crippen LogP contribution is 2.40. The molecule has 0 radical (unpaired) electrons. The smallest absolute Gasteiger partial charge is 0.272 e.